The van der Waals surface area contributed by atoms with E-state index in [0.29, 0.717) is 6.04 Å². The number of hydrogen-bond donors (Lipinski definition) is 2. The van der Waals surface area contributed by atoms with E-state index >= 15 is 0 Å². The van der Waals surface area contributed by atoms with Crippen molar-refractivity contribution in [3.8, 4) is 0 Å². The number of guanidine groups is 1. The van der Waals surface area contributed by atoms with Gasteiger partial charge in [0.25, 0.3) is 0 Å². The van der Waals surface area contributed by atoms with E-state index in [4.69, 9.17) is 0 Å². The maximum absolute atomic E-state index is 4.39. The van der Waals surface area contributed by atoms with Crippen molar-refractivity contribution < 1.29 is 0 Å². The average molecular weight is 335 g/mol. The second kappa shape index (κ2) is 9.18. The third kappa shape index (κ3) is 5.74. The Morgan fingerprint density at radius 3 is 2.61 bits per heavy atom. The monoisotopic (exact) mass is 334 g/mol. The number of aliphatic imine (C=N–C) groups is 1. The first-order valence-corrected chi connectivity index (χ1v) is 9.62. The van der Waals surface area contributed by atoms with Gasteiger partial charge in [0.05, 0.1) is 0 Å². The fraction of sp³-hybridized carbons (Fsp3) is 0.611. The van der Waals surface area contributed by atoms with Crippen LogP contribution in [0.15, 0.2) is 29.3 Å². The molecule has 2 atom stereocenters. The number of hydrogen-bond acceptors (Lipinski definition) is 3. The van der Waals surface area contributed by atoms with Crippen molar-refractivity contribution in [2.45, 2.75) is 43.6 Å². The molecule has 0 saturated heterocycles. The van der Waals surface area contributed by atoms with Gasteiger partial charge in [-0.05, 0) is 50.7 Å². The van der Waals surface area contributed by atoms with Crippen LogP contribution in [0.1, 0.15) is 30.4 Å². The molecule has 2 N–H and O–H groups in total. The molecule has 0 aliphatic heterocycles. The Labute approximate surface area is 145 Å². The number of benzene rings is 1. The van der Waals surface area contributed by atoms with Crippen LogP contribution in [0.5, 0.6) is 0 Å². The average Bonchev–Trinajstić information content (AvgIpc) is 2.99. The summed E-state index contributed by atoms with van der Waals surface area (Å²) in [6.45, 7) is 1.77. The summed E-state index contributed by atoms with van der Waals surface area (Å²) in [6, 6.07) is 9.16. The standard InChI is InChI=1S/C18H30N4S/c1-19-18(21-16-9-10-17(11-16)23-4)20-12-14-7-5-6-8-15(14)13-22(2)3/h5-8,16-17H,9-13H2,1-4H3,(H2,19,20,21). The number of nitrogens with zero attached hydrogens (tertiary/aromatic N) is 2. The SMILES string of the molecule is CN=C(NCc1ccccc1CN(C)C)NC1CCC(SC)C1. The fourth-order valence-corrected chi connectivity index (χ4v) is 3.87. The predicted molar refractivity (Wildman–Crippen MR) is 102 cm³/mol. The lowest BCUT2D eigenvalue weighted by Crippen LogP contribution is -2.42. The molecule has 5 heteroatoms. The van der Waals surface area contributed by atoms with Crippen LogP contribution in [0.3, 0.4) is 0 Å². The van der Waals surface area contributed by atoms with Crippen molar-refractivity contribution in [1.29, 1.82) is 0 Å². The predicted octanol–water partition coefficient (Wildman–Crippen LogP) is 2.70. The van der Waals surface area contributed by atoms with E-state index < -0.39 is 0 Å². The quantitative estimate of drug-likeness (QED) is 0.620. The molecular weight excluding hydrogens is 304 g/mol. The van der Waals surface area contributed by atoms with Crippen LogP contribution in [0.2, 0.25) is 0 Å². The molecule has 0 aromatic heterocycles. The van der Waals surface area contributed by atoms with Gasteiger partial charge >= 0.3 is 0 Å². The van der Waals surface area contributed by atoms with Gasteiger partial charge in [0.15, 0.2) is 5.96 Å². The Morgan fingerprint density at radius 1 is 1.26 bits per heavy atom. The highest BCUT2D eigenvalue weighted by Gasteiger charge is 2.24. The van der Waals surface area contributed by atoms with Crippen molar-refractivity contribution >= 4 is 17.7 Å². The summed E-state index contributed by atoms with van der Waals surface area (Å²) >= 11 is 1.98. The van der Waals surface area contributed by atoms with E-state index in [2.05, 4.69) is 65.1 Å². The van der Waals surface area contributed by atoms with Gasteiger partial charge in [0, 0.05) is 31.4 Å². The van der Waals surface area contributed by atoms with Crippen LogP contribution in [0.4, 0.5) is 0 Å². The van der Waals surface area contributed by atoms with Crippen LogP contribution in [-0.2, 0) is 13.1 Å². The topological polar surface area (TPSA) is 39.7 Å². The molecule has 0 spiro atoms. The maximum Gasteiger partial charge on any atom is 0.191 e. The Morgan fingerprint density at radius 2 is 2.00 bits per heavy atom. The van der Waals surface area contributed by atoms with Crippen molar-refractivity contribution in [2.24, 2.45) is 4.99 Å². The normalized spacial score (nSPS) is 21.7. The molecule has 0 heterocycles. The van der Waals surface area contributed by atoms with E-state index in [1.807, 2.05) is 18.8 Å². The number of thioether (sulfide) groups is 1. The third-order valence-corrected chi connectivity index (χ3v) is 5.43. The first-order chi connectivity index (χ1) is 11.1. The van der Waals surface area contributed by atoms with E-state index in [0.717, 1.165) is 24.3 Å². The molecule has 2 rings (SSSR count). The molecule has 1 aliphatic carbocycles. The van der Waals surface area contributed by atoms with E-state index in [-0.39, 0.29) is 0 Å². The Balaban J connectivity index is 1.89. The van der Waals surface area contributed by atoms with Gasteiger partial charge in [-0.25, -0.2) is 0 Å². The van der Waals surface area contributed by atoms with Gasteiger partial charge in [-0.1, -0.05) is 24.3 Å². The molecule has 128 valence electrons. The second-order valence-corrected chi connectivity index (χ2v) is 7.58. The highest BCUT2D eigenvalue weighted by molar-refractivity contribution is 7.99. The molecule has 1 aliphatic rings. The molecule has 0 bridgehead atoms. The zero-order chi connectivity index (χ0) is 16.7. The van der Waals surface area contributed by atoms with E-state index in [9.17, 15) is 0 Å². The summed E-state index contributed by atoms with van der Waals surface area (Å²) in [6.07, 6.45) is 5.99. The lowest BCUT2D eigenvalue weighted by molar-refractivity contribution is 0.400. The Bertz CT molecular complexity index is 515. The van der Waals surface area contributed by atoms with Crippen molar-refractivity contribution in [3.63, 3.8) is 0 Å². The second-order valence-electron chi connectivity index (χ2n) is 6.44. The van der Waals surface area contributed by atoms with E-state index in [1.165, 1.54) is 30.4 Å². The van der Waals surface area contributed by atoms with Gasteiger partial charge in [-0.2, -0.15) is 11.8 Å². The summed E-state index contributed by atoms with van der Waals surface area (Å²) in [7, 11) is 6.06. The molecule has 0 amide bonds. The van der Waals surface area contributed by atoms with Crippen LogP contribution in [0.25, 0.3) is 0 Å². The van der Waals surface area contributed by atoms with Gasteiger partial charge in [-0.3, -0.25) is 4.99 Å². The van der Waals surface area contributed by atoms with Crippen LogP contribution < -0.4 is 10.6 Å². The van der Waals surface area contributed by atoms with Crippen LogP contribution in [0, 0.1) is 0 Å². The fourth-order valence-electron chi connectivity index (χ4n) is 3.08. The summed E-state index contributed by atoms with van der Waals surface area (Å²) in [5.41, 5.74) is 2.70. The van der Waals surface area contributed by atoms with E-state index in [1.54, 1.807) is 0 Å². The molecule has 1 aromatic carbocycles. The van der Waals surface area contributed by atoms with Crippen molar-refractivity contribution in [2.75, 3.05) is 27.4 Å². The lowest BCUT2D eigenvalue weighted by atomic mass is 10.1. The molecule has 4 nitrogen and oxygen atoms in total. The molecule has 0 radical (unpaired) electrons. The first-order valence-electron chi connectivity index (χ1n) is 8.34. The van der Waals surface area contributed by atoms with Gasteiger partial charge in [0.1, 0.15) is 0 Å². The molecule has 2 unspecified atom stereocenters. The summed E-state index contributed by atoms with van der Waals surface area (Å²) < 4.78 is 0. The zero-order valence-electron chi connectivity index (χ0n) is 14.8. The van der Waals surface area contributed by atoms with Crippen LogP contribution in [-0.4, -0.2) is 49.6 Å². The number of rotatable bonds is 6. The first kappa shape index (κ1) is 18.1. The smallest absolute Gasteiger partial charge is 0.191 e. The highest BCUT2D eigenvalue weighted by Crippen LogP contribution is 2.28. The number of nitrogens with one attached hydrogen (secondary N) is 2. The summed E-state index contributed by atoms with van der Waals surface area (Å²) in [5, 5.41) is 7.85. The van der Waals surface area contributed by atoms with Crippen LogP contribution >= 0.6 is 11.8 Å². The maximum atomic E-state index is 4.39. The molecule has 1 aromatic rings. The minimum absolute atomic E-state index is 0.552. The highest BCUT2D eigenvalue weighted by atomic mass is 32.2. The zero-order valence-corrected chi connectivity index (χ0v) is 15.6. The Hall–Kier alpha value is -1.20. The Kier molecular flexibility index (Phi) is 7.24. The van der Waals surface area contributed by atoms with Gasteiger partial charge < -0.3 is 15.5 Å². The minimum Gasteiger partial charge on any atom is -0.354 e. The largest absolute Gasteiger partial charge is 0.354 e. The van der Waals surface area contributed by atoms with Crippen molar-refractivity contribution in [1.82, 2.24) is 15.5 Å². The molecule has 23 heavy (non-hydrogen) atoms. The lowest BCUT2D eigenvalue weighted by Gasteiger charge is -2.19. The van der Waals surface area contributed by atoms with Gasteiger partial charge in [-0.15, -0.1) is 0 Å². The third-order valence-electron chi connectivity index (χ3n) is 4.33. The molecule has 1 saturated carbocycles. The summed E-state index contributed by atoms with van der Waals surface area (Å²) in [5.74, 6) is 0.913. The minimum atomic E-state index is 0.552. The summed E-state index contributed by atoms with van der Waals surface area (Å²) in [4.78, 5) is 6.59. The molecular formula is C18H30N4S. The van der Waals surface area contributed by atoms with Gasteiger partial charge in [0.2, 0.25) is 0 Å². The molecule has 1 fully saturated rings. The van der Waals surface area contributed by atoms with Crippen molar-refractivity contribution in [3.05, 3.63) is 35.4 Å².